The predicted octanol–water partition coefficient (Wildman–Crippen LogP) is 0.939. The van der Waals surface area contributed by atoms with Crippen LogP contribution >= 0.6 is 0 Å². The minimum atomic E-state index is -3.33. The van der Waals surface area contributed by atoms with Crippen LogP contribution in [0.5, 0.6) is 0 Å². The molecule has 0 amide bonds. The highest BCUT2D eigenvalue weighted by molar-refractivity contribution is 7.92. The van der Waals surface area contributed by atoms with E-state index in [-0.39, 0.29) is 6.04 Å². The molecule has 0 bridgehead atoms. The molecule has 5 heteroatoms. The molecule has 1 unspecified atom stereocenters. The second kappa shape index (κ2) is 5.44. The third-order valence-corrected chi connectivity index (χ3v) is 3.79. The van der Waals surface area contributed by atoms with Crippen molar-refractivity contribution in [3.05, 3.63) is 41.3 Å². The quantitative estimate of drug-likeness (QED) is 0.838. The van der Waals surface area contributed by atoms with E-state index in [9.17, 15) is 8.42 Å². The topological polar surface area (TPSA) is 58.2 Å². The Hall–Kier alpha value is -1.17. The van der Waals surface area contributed by atoms with Crippen LogP contribution < -0.4 is 10.0 Å². The molecule has 92 valence electrons. The SMILES string of the molecule is O=S(=O)(/C=C/c1ccccc1)NC1CCNC1. The standard InChI is InChI=1S/C12H16N2O2S/c15-17(16,14-12-6-8-13-10-12)9-7-11-4-2-1-3-5-11/h1-5,7,9,12-14H,6,8,10H2/b9-7+. The first-order chi connectivity index (χ1) is 8.16. The first kappa shape index (κ1) is 12.3. The third-order valence-electron chi connectivity index (χ3n) is 2.63. The molecule has 0 radical (unpaired) electrons. The summed E-state index contributed by atoms with van der Waals surface area (Å²) in [5, 5.41) is 4.34. The van der Waals surface area contributed by atoms with E-state index >= 15 is 0 Å². The maximum absolute atomic E-state index is 11.7. The summed E-state index contributed by atoms with van der Waals surface area (Å²) >= 11 is 0. The van der Waals surface area contributed by atoms with Crippen LogP contribution in [-0.4, -0.2) is 27.5 Å². The summed E-state index contributed by atoms with van der Waals surface area (Å²) < 4.78 is 26.1. The van der Waals surface area contributed by atoms with Gasteiger partial charge in [-0.05, 0) is 24.6 Å². The molecule has 2 rings (SSSR count). The lowest BCUT2D eigenvalue weighted by molar-refractivity contribution is 0.569. The van der Waals surface area contributed by atoms with Gasteiger partial charge in [0.15, 0.2) is 0 Å². The normalized spacial score (nSPS) is 21.1. The van der Waals surface area contributed by atoms with E-state index in [0.717, 1.165) is 18.5 Å². The smallest absolute Gasteiger partial charge is 0.234 e. The van der Waals surface area contributed by atoms with E-state index in [4.69, 9.17) is 0 Å². The summed E-state index contributed by atoms with van der Waals surface area (Å²) in [5.41, 5.74) is 0.877. The fourth-order valence-electron chi connectivity index (χ4n) is 1.76. The molecular formula is C12H16N2O2S. The van der Waals surface area contributed by atoms with Crippen LogP contribution in [0, 0.1) is 0 Å². The molecular weight excluding hydrogens is 236 g/mol. The van der Waals surface area contributed by atoms with Crippen molar-refractivity contribution in [1.29, 1.82) is 0 Å². The number of hydrogen-bond donors (Lipinski definition) is 2. The van der Waals surface area contributed by atoms with Gasteiger partial charge in [0, 0.05) is 18.0 Å². The van der Waals surface area contributed by atoms with Crippen LogP contribution in [0.3, 0.4) is 0 Å². The van der Waals surface area contributed by atoms with Gasteiger partial charge in [0.2, 0.25) is 10.0 Å². The van der Waals surface area contributed by atoms with Crippen LogP contribution in [0.4, 0.5) is 0 Å². The van der Waals surface area contributed by atoms with Gasteiger partial charge in [0.25, 0.3) is 0 Å². The lowest BCUT2D eigenvalue weighted by Crippen LogP contribution is -2.34. The van der Waals surface area contributed by atoms with Crippen molar-refractivity contribution in [3.63, 3.8) is 0 Å². The van der Waals surface area contributed by atoms with Gasteiger partial charge in [-0.3, -0.25) is 0 Å². The van der Waals surface area contributed by atoms with Gasteiger partial charge >= 0.3 is 0 Å². The molecule has 1 saturated heterocycles. The number of sulfonamides is 1. The molecule has 17 heavy (non-hydrogen) atoms. The Bertz CT molecular complexity index is 476. The lowest BCUT2D eigenvalue weighted by Gasteiger charge is -2.08. The van der Waals surface area contributed by atoms with Gasteiger partial charge in [-0.15, -0.1) is 0 Å². The van der Waals surface area contributed by atoms with Crippen molar-refractivity contribution >= 4 is 16.1 Å². The zero-order chi connectivity index (χ0) is 12.1. The van der Waals surface area contributed by atoms with Crippen molar-refractivity contribution in [2.24, 2.45) is 0 Å². The maximum Gasteiger partial charge on any atom is 0.234 e. The van der Waals surface area contributed by atoms with E-state index in [0.29, 0.717) is 6.54 Å². The molecule has 1 aliphatic rings. The number of rotatable bonds is 4. The summed E-state index contributed by atoms with van der Waals surface area (Å²) in [6.07, 6.45) is 2.45. The molecule has 1 atom stereocenters. The molecule has 0 aliphatic carbocycles. The second-order valence-electron chi connectivity index (χ2n) is 4.07. The van der Waals surface area contributed by atoms with Crippen molar-refractivity contribution in [2.75, 3.05) is 13.1 Å². The van der Waals surface area contributed by atoms with E-state index in [1.807, 2.05) is 30.3 Å². The summed E-state index contributed by atoms with van der Waals surface area (Å²) in [5.74, 6) is 0. The third kappa shape index (κ3) is 3.96. The van der Waals surface area contributed by atoms with Gasteiger partial charge in [0.05, 0.1) is 0 Å². The Kier molecular flexibility index (Phi) is 3.93. The Labute approximate surface area is 102 Å². The van der Waals surface area contributed by atoms with Crippen LogP contribution in [0.15, 0.2) is 35.7 Å². The number of nitrogens with one attached hydrogen (secondary N) is 2. The first-order valence-corrected chi connectivity index (χ1v) is 7.16. The molecule has 1 fully saturated rings. The van der Waals surface area contributed by atoms with Gasteiger partial charge in [-0.25, -0.2) is 13.1 Å². The van der Waals surface area contributed by atoms with Crippen molar-refractivity contribution < 1.29 is 8.42 Å². The van der Waals surface area contributed by atoms with Gasteiger partial charge in [-0.2, -0.15) is 0 Å². The average molecular weight is 252 g/mol. The van der Waals surface area contributed by atoms with E-state index in [1.54, 1.807) is 6.08 Å². The zero-order valence-electron chi connectivity index (χ0n) is 9.46. The highest BCUT2D eigenvalue weighted by Crippen LogP contribution is 2.05. The fourth-order valence-corrected chi connectivity index (χ4v) is 2.84. The molecule has 0 spiro atoms. The Morgan fingerprint density at radius 2 is 2.06 bits per heavy atom. The molecule has 1 aliphatic heterocycles. The highest BCUT2D eigenvalue weighted by atomic mass is 32.2. The zero-order valence-corrected chi connectivity index (χ0v) is 10.3. The second-order valence-corrected chi connectivity index (χ2v) is 5.66. The first-order valence-electron chi connectivity index (χ1n) is 5.62. The lowest BCUT2D eigenvalue weighted by atomic mass is 10.2. The number of benzene rings is 1. The minimum Gasteiger partial charge on any atom is -0.315 e. The highest BCUT2D eigenvalue weighted by Gasteiger charge is 2.18. The van der Waals surface area contributed by atoms with E-state index < -0.39 is 10.0 Å². The van der Waals surface area contributed by atoms with Crippen molar-refractivity contribution in [1.82, 2.24) is 10.0 Å². The molecule has 4 nitrogen and oxygen atoms in total. The van der Waals surface area contributed by atoms with E-state index in [1.165, 1.54) is 5.41 Å². The molecule has 0 aromatic heterocycles. The monoisotopic (exact) mass is 252 g/mol. The van der Waals surface area contributed by atoms with Crippen LogP contribution in [0.2, 0.25) is 0 Å². The summed E-state index contributed by atoms with van der Waals surface area (Å²) in [6, 6.07) is 9.39. The van der Waals surface area contributed by atoms with Crippen LogP contribution in [-0.2, 0) is 10.0 Å². The Morgan fingerprint density at radius 3 is 2.71 bits per heavy atom. The summed E-state index contributed by atoms with van der Waals surface area (Å²) in [4.78, 5) is 0. The molecule has 1 heterocycles. The number of hydrogen-bond acceptors (Lipinski definition) is 3. The minimum absolute atomic E-state index is 0.0143. The summed E-state index contributed by atoms with van der Waals surface area (Å²) in [7, 11) is -3.33. The van der Waals surface area contributed by atoms with Gasteiger partial charge in [-0.1, -0.05) is 30.3 Å². The molecule has 0 saturated carbocycles. The van der Waals surface area contributed by atoms with E-state index in [2.05, 4.69) is 10.0 Å². The van der Waals surface area contributed by atoms with Crippen LogP contribution in [0.1, 0.15) is 12.0 Å². The summed E-state index contributed by atoms with van der Waals surface area (Å²) in [6.45, 7) is 1.58. The Morgan fingerprint density at radius 1 is 1.29 bits per heavy atom. The van der Waals surface area contributed by atoms with Gasteiger partial charge < -0.3 is 5.32 Å². The Balaban J connectivity index is 1.99. The average Bonchev–Trinajstić information content (AvgIpc) is 2.80. The van der Waals surface area contributed by atoms with Gasteiger partial charge in [0.1, 0.15) is 0 Å². The predicted molar refractivity (Wildman–Crippen MR) is 68.8 cm³/mol. The van der Waals surface area contributed by atoms with Crippen molar-refractivity contribution in [2.45, 2.75) is 12.5 Å². The maximum atomic E-state index is 11.7. The molecule has 2 N–H and O–H groups in total. The van der Waals surface area contributed by atoms with Crippen molar-refractivity contribution in [3.8, 4) is 0 Å². The molecule has 1 aromatic rings. The van der Waals surface area contributed by atoms with Crippen LogP contribution in [0.25, 0.3) is 6.08 Å². The molecule has 1 aromatic carbocycles. The largest absolute Gasteiger partial charge is 0.315 e. The fraction of sp³-hybridized carbons (Fsp3) is 0.333.